The predicted molar refractivity (Wildman–Crippen MR) is 85.2 cm³/mol. The van der Waals surface area contributed by atoms with Gasteiger partial charge in [0.2, 0.25) is 0 Å². The summed E-state index contributed by atoms with van der Waals surface area (Å²) >= 11 is 0. The summed E-state index contributed by atoms with van der Waals surface area (Å²) in [6.45, 7) is 6.66. The molecule has 2 N–H and O–H groups in total. The number of nitrogens with two attached hydrogens (primary N) is 1. The number of nitrogens with zero attached hydrogens (tertiary/aromatic N) is 2. The van der Waals surface area contributed by atoms with Gasteiger partial charge in [0.15, 0.2) is 5.78 Å². The van der Waals surface area contributed by atoms with Gasteiger partial charge in [-0.05, 0) is 38.1 Å². The van der Waals surface area contributed by atoms with Crippen molar-refractivity contribution < 1.29 is 14.3 Å². The molecule has 1 atom stereocenters. The Morgan fingerprint density at radius 2 is 1.77 bits per heavy atom. The van der Waals surface area contributed by atoms with E-state index in [1.807, 2.05) is 12.1 Å². The van der Waals surface area contributed by atoms with Crippen LogP contribution in [0.25, 0.3) is 0 Å². The average molecular weight is 305 g/mol. The standard InChI is InChI=1S/C16H23N3O3/c1-3-22-16(21)19-10-8-18(9-11-19)14-6-4-13(5-7-14)15(20)12(2)17/h4-7,12H,3,8-11,17H2,1-2H3. The Morgan fingerprint density at radius 1 is 1.18 bits per heavy atom. The highest BCUT2D eigenvalue weighted by molar-refractivity contribution is 5.99. The number of rotatable bonds is 4. The maximum Gasteiger partial charge on any atom is 0.409 e. The molecule has 120 valence electrons. The number of piperazine rings is 1. The minimum absolute atomic E-state index is 0.0568. The van der Waals surface area contributed by atoms with Gasteiger partial charge in [0, 0.05) is 37.4 Å². The number of hydrogen-bond acceptors (Lipinski definition) is 5. The minimum atomic E-state index is -0.487. The number of carbonyl (C=O) groups is 2. The van der Waals surface area contributed by atoms with E-state index in [2.05, 4.69) is 4.90 Å². The van der Waals surface area contributed by atoms with Crippen LogP contribution in [0.3, 0.4) is 0 Å². The highest BCUT2D eigenvalue weighted by Gasteiger charge is 2.22. The summed E-state index contributed by atoms with van der Waals surface area (Å²) in [5, 5.41) is 0. The van der Waals surface area contributed by atoms with Crippen LogP contribution in [0.2, 0.25) is 0 Å². The maximum atomic E-state index is 11.8. The molecule has 1 aromatic rings. The fourth-order valence-electron chi connectivity index (χ4n) is 2.46. The molecule has 1 aliphatic heterocycles. The van der Waals surface area contributed by atoms with Crippen molar-refractivity contribution in [3.8, 4) is 0 Å². The molecule has 1 heterocycles. The quantitative estimate of drug-likeness (QED) is 0.853. The van der Waals surface area contributed by atoms with Crippen molar-refractivity contribution in [1.82, 2.24) is 4.90 Å². The molecule has 0 radical (unpaired) electrons. The van der Waals surface area contributed by atoms with E-state index in [1.165, 1.54) is 0 Å². The molecule has 1 aromatic carbocycles. The third-order valence-electron chi connectivity index (χ3n) is 3.74. The fourth-order valence-corrected chi connectivity index (χ4v) is 2.46. The van der Waals surface area contributed by atoms with Crippen LogP contribution in [0.15, 0.2) is 24.3 Å². The van der Waals surface area contributed by atoms with E-state index in [-0.39, 0.29) is 11.9 Å². The normalized spacial score (nSPS) is 16.3. The van der Waals surface area contributed by atoms with Gasteiger partial charge in [-0.25, -0.2) is 4.79 Å². The van der Waals surface area contributed by atoms with Crippen molar-refractivity contribution in [1.29, 1.82) is 0 Å². The third kappa shape index (κ3) is 3.76. The van der Waals surface area contributed by atoms with Crippen LogP contribution in [0, 0.1) is 0 Å². The molecule has 6 nitrogen and oxygen atoms in total. The van der Waals surface area contributed by atoms with Crippen LogP contribution in [0.5, 0.6) is 0 Å². The van der Waals surface area contributed by atoms with Crippen molar-refractivity contribution in [3.63, 3.8) is 0 Å². The number of carbonyl (C=O) groups excluding carboxylic acids is 2. The summed E-state index contributed by atoms with van der Waals surface area (Å²) in [7, 11) is 0. The number of hydrogen-bond donors (Lipinski definition) is 1. The molecular formula is C16H23N3O3. The molecule has 0 saturated carbocycles. The summed E-state index contributed by atoms with van der Waals surface area (Å²) in [5.41, 5.74) is 7.28. The van der Waals surface area contributed by atoms with Crippen LogP contribution in [-0.4, -0.2) is 55.6 Å². The Kier molecular flexibility index (Phi) is 5.38. The predicted octanol–water partition coefficient (Wildman–Crippen LogP) is 1.49. The number of ether oxygens (including phenoxy) is 1. The molecule has 1 unspecified atom stereocenters. The second-order valence-electron chi connectivity index (χ2n) is 5.37. The highest BCUT2D eigenvalue weighted by atomic mass is 16.6. The van der Waals surface area contributed by atoms with E-state index >= 15 is 0 Å². The van der Waals surface area contributed by atoms with Crippen molar-refractivity contribution in [2.24, 2.45) is 5.73 Å². The Balaban J connectivity index is 1.94. The SMILES string of the molecule is CCOC(=O)N1CCN(c2ccc(C(=O)C(C)N)cc2)CC1. The van der Waals surface area contributed by atoms with Crippen molar-refractivity contribution in [3.05, 3.63) is 29.8 Å². The molecule has 1 fully saturated rings. The first-order valence-corrected chi connectivity index (χ1v) is 7.59. The average Bonchev–Trinajstić information content (AvgIpc) is 2.54. The van der Waals surface area contributed by atoms with Crippen LogP contribution >= 0.6 is 0 Å². The Labute approximate surface area is 130 Å². The van der Waals surface area contributed by atoms with Gasteiger partial charge in [-0.1, -0.05) is 0 Å². The molecule has 2 rings (SSSR count). The lowest BCUT2D eigenvalue weighted by molar-refractivity contribution is 0.0967. The monoisotopic (exact) mass is 305 g/mol. The van der Waals surface area contributed by atoms with Gasteiger partial charge in [-0.3, -0.25) is 4.79 Å². The van der Waals surface area contributed by atoms with Crippen molar-refractivity contribution in [2.45, 2.75) is 19.9 Å². The Bertz CT molecular complexity index is 520. The first kappa shape index (κ1) is 16.3. The highest BCUT2D eigenvalue weighted by Crippen LogP contribution is 2.18. The Morgan fingerprint density at radius 3 is 2.27 bits per heavy atom. The summed E-state index contributed by atoms with van der Waals surface area (Å²) in [6, 6.07) is 6.97. The zero-order chi connectivity index (χ0) is 16.1. The smallest absolute Gasteiger partial charge is 0.409 e. The van der Waals surface area contributed by atoms with Crippen LogP contribution < -0.4 is 10.6 Å². The van der Waals surface area contributed by atoms with Crippen LogP contribution in [0.4, 0.5) is 10.5 Å². The first-order valence-electron chi connectivity index (χ1n) is 7.59. The lowest BCUT2D eigenvalue weighted by Gasteiger charge is -2.35. The van der Waals surface area contributed by atoms with E-state index in [0.29, 0.717) is 25.3 Å². The molecule has 22 heavy (non-hydrogen) atoms. The van der Waals surface area contributed by atoms with E-state index in [1.54, 1.807) is 30.9 Å². The topological polar surface area (TPSA) is 75.9 Å². The first-order chi connectivity index (χ1) is 10.5. The number of Topliss-reactive ketones (excluding diaryl/α,β-unsaturated/α-hetero) is 1. The van der Waals surface area contributed by atoms with Crippen molar-refractivity contribution in [2.75, 3.05) is 37.7 Å². The van der Waals surface area contributed by atoms with Gasteiger partial charge < -0.3 is 20.3 Å². The lowest BCUT2D eigenvalue weighted by atomic mass is 10.1. The summed E-state index contributed by atoms with van der Waals surface area (Å²) in [4.78, 5) is 27.4. The fraction of sp³-hybridized carbons (Fsp3) is 0.500. The molecule has 0 aliphatic carbocycles. The number of benzene rings is 1. The molecule has 6 heteroatoms. The third-order valence-corrected chi connectivity index (χ3v) is 3.74. The van der Waals surface area contributed by atoms with Gasteiger partial charge in [0.1, 0.15) is 0 Å². The molecule has 1 saturated heterocycles. The van der Waals surface area contributed by atoms with E-state index in [0.717, 1.165) is 18.8 Å². The summed E-state index contributed by atoms with van der Waals surface area (Å²) in [6.07, 6.45) is -0.250. The van der Waals surface area contributed by atoms with Crippen LogP contribution in [-0.2, 0) is 4.74 Å². The second-order valence-corrected chi connectivity index (χ2v) is 5.37. The van der Waals surface area contributed by atoms with Crippen molar-refractivity contribution >= 4 is 17.6 Å². The molecule has 1 amide bonds. The van der Waals surface area contributed by atoms with Gasteiger partial charge in [-0.2, -0.15) is 0 Å². The number of anilines is 1. The van der Waals surface area contributed by atoms with Crippen LogP contribution in [0.1, 0.15) is 24.2 Å². The maximum absolute atomic E-state index is 11.8. The van der Waals surface area contributed by atoms with Gasteiger partial charge in [0.25, 0.3) is 0 Å². The molecule has 0 spiro atoms. The summed E-state index contributed by atoms with van der Waals surface area (Å²) < 4.78 is 5.01. The van der Waals surface area contributed by atoms with E-state index in [9.17, 15) is 9.59 Å². The minimum Gasteiger partial charge on any atom is -0.450 e. The molecule has 0 aromatic heterocycles. The van der Waals surface area contributed by atoms with Gasteiger partial charge in [0.05, 0.1) is 12.6 Å². The largest absolute Gasteiger partial charge is 0.450 e. The zero-order valence-electron chi connectivity index (χ0n) is 13.1. The zero-order valence-corrected chi connectivity index (χ0v) is 13.1. The second kappa shape index (κ2) is 7.26. The lowest BCUT2D eigenvalue weighted by Crippen LogP contribution is -2.49. The van der Waals surface area contributed by atoms with E-state index in [4.69, 9.17) is 10.5 Å². The number of ketones is 1. The van der Waals surface area contributed by atoms with Gasteiger partial charge >= 0.3 is 6.09 Å². The van der Waals surface area contributed by atoms with Gasteiger partial charge in [-0.15, -0.1) is 0 Å². The molecular weight excluding hydrogens is 282 g/mol. The number of amides is 1. The van der Waals surface area contributed by atoms with E-state index < -0.39 is 6.04 Å². The Hall–Kier alpha value is -2.08. The molecule has 1 aliphatic rings. The molecule has 0 bridgehead atoms. The summed E-state index contributed by atoms with van der Waals surface area (Å²) in [5.74, 6) is -0.0568.